The number of hydrogen-bond donors (Lipinski definition) is 2. The Hall–Kier alpha value is -1.36. The lowest BCUT2D eigenvalue weighted by Gasteiger charge is -2.05. The fraction of sp³-hybridized carbons (Fsp3) is 0. The second-order valence-electron chi connectivity index (χ2n) is 3.36. The highest BCUT2D eigenvalue weighted by Gasteiger charge is 2.12. The summed E-state index contributed by atoms with van der Waals surface area (Å²) in [5.41, 5.74) is 1.92. The van der Waals surface area contributed by atoms with Crippen LogP contribution in [0.4, 0.5) is 0 Å². The minimum Gasteiger partial charge on any atom is -0.423 e. The molecule has 0 amide bonds. The Morgan fingerprint density at radius 3 is 2.56 bits per heavy atom. The maximum Gasteiger partial charge on any atom is 0.490 e. The zero-order valence-corrected chi connectivity index (χ0v) is 9.09. The van der Waals surface area contributed by atoms with E-state index in [1.54, 1.807) is 18.3 Å². The predicted molar refractivity (Wildman–Crippen MR) is 64.5 cm³/mol. The van der Waals surface area contributed by atoms with E-state index in [0.29, 0.717) is 10.5 Å². The van der Waals surface area contributed by atoms with Gasteiger partial charge >= 0.3 is 7.12 Å². The van der Waals surface area contributed by atoms with Gasteiger partial charge in [-0.15, -0.1) is 0 Å². The highest BCUT2D eigenvalue weighted by atomic mass is 35.5. The normalized spacial score (nSPS) is 10.2. The molecular weight excluding hydrogens is 224 g/mol. The maximum absolute atomic E-state index is 9.05. The fourth-order valence-electron chi connectivity index (χ4n) is 1.44. The van der Waals surface area contributed by atoms with Gasteiger partial charge in [-0.3, -0.25) is 4.98 Å². The largest absolute Gasteiger partial charge is 0.490 e. The number of benzene rings is 1. The van der Waals surface area contributed by atoms with E-state index < -0.39 is 7.12 Å². The van der Waals surface area contributed by atoms with Crippen LogP contribution in [0.15, 0.2) is 42.7 Å². The lowest BCUT2D eigenvalue weighted by Crippen LogP contribution is -2.30. The third-order valence-corrected chi connectivity index (χ3v) is 2.57. The smallest absolute Gasteiger partial charge is 0.423 e. The molecule has 0 aliphatic heterocycles. The van der Waals surface area contributed by atoms with Gasteiger partial charge in [0.2, 0.25) is 0 Å². The minimum atomic E-state index is -1.52. The highest BCUT2D eigenvalue weighted by molar-refractivity contribution is 6.58. The molecule has 1 aromatic heterocycles. The van der Waals surface area contributed by atoms with Crippen molar-refractivity contribution in [2.24, 2.45) is 0 Å². The van der Waals surface area contributed by atoms with Gasteiger partial charge in [-0.05, 0) is 6.07 Å². The Kier molecular flexibility index (Phi) is 3.24. The van der Waals surface area contributed by atoms with Gasteiger partial charge in [0.05, 0.1) is 0 Å². The third-order valence-electron chi connectivity index (χ3n) is 2.24. The molecule has 3 nitrogen and oxygen atoms in total. The molecule has 2 N–H and O–H groups in total. The molecule has 80 valence electrons. The van der Waals surface area contributed by atoms with E-state index in [0.717, 1.165) is 11.1 Å². The molecule has 1 aromatic carbocycles. The highest BCUT2D eigenvalue weighted by Crippen LogP contribution is 2.25. The molecule has 0 saturated carbocycles. The van der Waals surface area contributed by atoms with E-state index in [1.165, 1.54) is 6.20 Å². The zero-order chi connectivity index (χ0) is 11.5. The maximum atomic E-state index is 9.05. The Balaban J connectivity index is 2.49. The molecule has 2 rings (SSSR count). The van der Waals surface area contributed by atoms with Crippen molar-refractivity contribution >= 4 is 24.2 Å². The number of halogens is 1. The van der Waals surface area contributed by atoms with Crippen LogP contribution in [0.3, 0.4) is 0 Å². The first-order valence-electron chi connectivity index (χ1n) is 4.74. The van der Waals surface area contributed by atoms with Crippen molar-refractivity contribution in [3.8, 4) is 11.1 Å². The van der Waals surface area contributed by atoms with Gasteiger partial charge < -0.3 is 10.0 Å². The van der Waals surface area contributed by atoms with Crippen LogP contribution in [0, 0.1) is 0 Å². The molecule has 5 heteroatoms. The summed E-state index contributed by atoms with van der Waals surface area (Å²) in [5.74, 6) is 0. The number of rotatable bonds is 2. The summed E-state index contributed by atoms with van der Waals surface area (Å²) < 4.78 is 0. The van der Waals surface area contributed by atoms with E-state index in [4.69, 9.17) is 21.6 Å². The van der Waals surface area contributed by atoms with Crippen LogP contribution >= 0.6 is 11.6 Å². The Morgan fingerprint density at radius 1 is 1.12 bits per heavy atom. The molecule has 2 aromatic rings. The van der Waals surface area contributed by atoms with Crippen molar-refractivity contribution in [1.29, 1.82) is 0 Å². The predicted octanol–water partition coefficient (Wildman–Crippen LogP) is 1.08. The van der Waals surface area contributed by atoms with Crippen LogP contribution in [0.1, 0.15) is 0 Å². The van der Waals surface area contributed by atoms with Crippen LogP contribution in [0.25, 0.3) is 11.1 Å². The van der Waals surface area contributed by atoms with E-state index in [1.807, 2.05) is 18.2 Å². The van der Waals surface area contributed by atoms with E-state index in [-0.39, 0.29) is 0 Å². The van der Waals surface area contributed by atoms with Gasteiger partial charge in [-0.2, -0.15) is 0 Å². The van der Waals surface area contributed by atoms with Gasteiger partial charge in [0.1, 0.15) is 0 Å². The standard InChI is InChI=1S/C11H9BClNO2/c13-11-4-2-1-3-10(11)8-5-9(12(15)16)7-14-6-8/h1-7,15-16H. The van der Waals surface area contributed by atoms with Crippen LogP contribution < -0.4 is 5.46 Å². The first-order valence-corrected chi connectivity index (χ1v) is 5.12. The molecule has 0 spiro atoms. The molecule has 0 radical (unpaired) electrons. The summed E-state index contributed by atoms with van der Waals surface area (Å²) >= 11 is 6.04. The van der Waals surface area contributed by atoms with E-state index >= 15 is 0 Å². The molecule has 0 aliphatic carbocycles. The van der Waals surface area contributed by atoms with Crippen molar-refractivity contribution in [1.82, 2.24) is 4.98 Å². The molecule has 0 bridgehead atoms. The van der Waals surface area contributed by atoms with Crippen molar-refractivity contribution in [3.63, 3.8) is 0 Å². The molecule has 0 atom stereocenters. The minimum absolute atomic E-state index is 0.345. The van der Waals surface area contributed by atoms with E-state index in [9.17, 15) is 0 Å². The molecule has 0 saturated heterocycles. The summed E-state index contributed by atoms with van der Waals surface area (Å²) in [7, 11) is -1.52. The van der Waals surface area contributed by atoms with Crippen molar-refractivity contribution in [2.75, 3.05) is 0 Å². The number of aromatic nitrogens is 1. The van der Waals surface area contributed by atoms with E-state index in [2.05, 4.69) is 4.98 Å². The number of nitrogens with zero attached hydrogens (tertiary/aromatic N) is 1. The third kappa shape index (κ3) is 2.24. The first-order chi connectivity index (χ1) is 7.68. The van der Waals surface area contributed by atoms with Gasteiger partial charge in [-0.25, -0.2) is 0 Å². The number of hydrogen-bond acceptors (Lipinski definition) is 3. The monoisotopic (exact) mass is 233 g/mol. The quantitative estimate of drug-likeness (QED) is 0.763. The zero-order valence-electron chi connectivity index (χ0n) is 8.34. The van der Waals surface area contributed by atoms with Crippen molar-refractivity contribution < 1.29 is 10.0 Å². The molecule has 0 unspecified atom stereocenters. The lowest BCUT2D eigenvalue weighted by atomic mass is 9.80. The van der Waals surface area contributed by atoms with Gasteiger partial charge in [0.15, 0.2) is 0 Å². The molecule has 1 heterocycles. The van der Waals surface area contributed by atoms with Crippen LogP contribution in [0.2, 0.25) is 5.02 Å². The summed E-state index contributed by atoms with van der Waals surface area (Å²) in [6.45, 7) is 0. The average Bonchev–Trinajstić information content (AvgIpc) is 2.30. The van der Waals surface area contributed by atoms with Crippen molar-refractivity contribution in [3.05, 3.63) is 47.7 Å². The van der Waals surface area contributed by atoms with Gasteiger partial charge in [0, 0.05) is 34.0 Å². The average molecular weight is 233 g/mol. The Morgan fingerprint density at radius 2 is 1.88 bits per heavy atom. The SMILES string of the molecule is OB(O)c1cncc(-c2ccccc2Cl)c1. The Bertz CT molecular complexity index is 505. The van der Waals surface area contributed by atoms with Crippen LogP contribution in [0.5, 0.6) is 0 Å². The second kappa shape index (κ2) is 4.66. The Labute approximate surface area is 98.5 Å². The molecule has 16 heavy (non-hydrogen) atoms. The molecule has 0 fully saturated rings. The van der Waals surface area contributed by atoms with Gasteiger partial charge in [-0.1, -0.05) is 35.9 Å². The van der Waals surface area contributed by atoms with Crippen molar-refractivity contribution in [2.45, 2.75) is 0 Å². The fourth-order valence-corrected chi connectivity index (χ4v) is 1.69. The van der Waals surface area contributed by atoms with Crippen LogP contribution in [-0.2, 0) is 0 Å². The number of pyridine rings is 1. The summed E-state index contributed by atoms with van der Waals surface area (Å²) in [6, 6.07) is 8.98. The summed E-state index contributed by atoms with van der Waals surface area (Å²) in [4.78, 5) is 3.94. The molecule has 0 aliphatic rings. The first kappa shape index (κ1) is 11.1. The summed E-state index contributed by atoms with van der Waals surface area (Å²) in [5, 5.41) is 18.7. The topological polar surface area (TPSA) is 53.4 Å². The molecular formula is C11H9BClNO2. The lowest BCUT2D eigenvalue weighted by molar-refractivity contribution is 0.425. The van der Waals surface area contributed by atoms with Crippen LogP contribution in [-0.4, -0.2) is 22.2 Å². The van der Waals surface area contributed by atoms with Gasteiger partial charge in [0.25, 0.3) is 0 Å². The summed E-state index contributed by atoms with van der Waals surface area (Å²) in [6.07, 6.45) is 3.04. The second-order valence-corrected chi connectivity index (χ2v) is 3.77.